The smallest absolute Gasteiger partial charge is 0.251 e. The summed E-state index contributed by atoms with van der Waals surface area (Å²) in [4.78, 5) is 18.0. The molecule has 1 aliphatic heterocycles. The van der Waals surface area contributed by atoms with E-state index in [9.17, 15) is 4.79 Å². The molecule has 1 fully saturated rings. The average Bonchev–Trinajstić information content (AvgIpc) is 3.02. The number of carbonyl (C=O) groups excluding carboxylic acids is 1. The first-order valence-corrected chi connectivity index (χ1v) is 14.6. The van der Waals surface area contributed by atoms with Gasteiger partial charge in [-0.1, -0.05) is 91.5 Å². The molecule has 0 spiro atoms. The monoisotopic (exact) mass is 556 g/mol. The van der Waals surface area contributed by atoms with Crippen LogP contribution in [-0.4, -0.2) is 32.1 Å². The highest BCUT2D eigenvalue weighted by atomic mass is 16.1. The normalized spacial score (nSPS) is 13.9. The second kappa shape index (κ2) is 13.3. The largest absolute Gasteiger partial charge is 0.381 e. The maximum Gasteiger partial charge on any atom is 0.251 e. The van der Waals surface area contributed by atoms with Crippen LogP contribution in [0.3, 0.4) is 0 Å². The molecule has 5 rings (SSSR count). The average molecular weight is 557 g/mol. The topological polar surface area (TPSA) is 47.6 Å². The number of hydrogen-bond donors (Lipinski definition) is 2. The molecule has 0 atom stereocenters. The third-order valence-electron chi connectivity index (χ3n) is 7.94. The Morgan fingerprint density at radius 2 is 1.57 bits per heavy atom. The van der Waals surface area contributed by atoms with E-state index in [4.69, 9.17) is 0 Å². The van der Waals surface area contributed by atoms with Crippen LogP contribution in [0.15, 0.2) is 115 Å². The standard InChI is InChI=1S/C37H40N4O/c1-5-6-12-28(3)37(42)39-34-25-31(29(4)38-26-32-16-11-15-30-14-8-9-17-33(30)32)19-20-36(34)41-23-21-40(22-24-41)35-18-10-7-13-27(35)2/h5-20,25,38H,4,21-24,26H2,1-3H3,(H,39,42)/b6-5-,28-12+. The highest BCUT2D eigenvalue weighted by Gasteiger charge is 2.22. The van der Waals surface area contributed by atoms with Crippen LogP contribution in [0.2, 0.25) is 0 Å². The van der Waals surface area contributed by atoms with Crippen molar-refractivity contribution in [2.45, 2.75) is 27.3 Å². The molecule has 42 heavy (non-hydrogen) atoms. The molecular weight excluding hydrogens is 516 g/mol. The van der Waals surface area contributed by atoms with Crippen molar-refractivity contribution in [2.75, 3.05) is 41.3 Å². The molecule has 5 nitrogen and oxygen atoms in total. The second-order valence-corrected chi connectivity index (χ2v) is 10.8. The molecule has 0 radical (unpaired) electrons. The van der Waals surface area contributed by atoms with Crippen LogP contribution in [0.25, 0.3) is 16.5 Å². The number of hydrogen-bond acceptors (Lipinski definition) is 4. The molecule has 0 aromatic heterocycles. The number of benzene rings is 4. The summed E-state index contributed by atoms with van der Waals surface area (Å²) in [6.45, 7) is 14.5. The maximum absolute atomic E-state index is 13.2. The minimum Gasteiger partial charge on any atom is -0.381 e. The van der Waals surface area contributed by atoms with Crippen molar-refractivity contribution in [3.05, 3.63) is 132 Å². The summed E-state index contributed by atoms with van der Waals surface area (Å²) in [5.41, 5.74) is 8.04. The Bertz CT molecular complexity index is 1640. The van der Waals surface area contributed by atoms with Gasteiger partial charge in [0, 0.05) is 49.7 Å². The molecule has 2 N–H and O–H groups in total. The van der Waals surface area contributed by atoms with Gasteiger partial charge in [-0.25, -0.2) is 0 Å². The fourth-order valence-corrected chi connectivity index (χ4v) is 5.49. The number of carbonyl (C=O) groups is 1. The van der Waals surface area contributed by atoms with Crippen molar-refractivity contribution < 1.29 is 4.79 Å². The molecule has 0 bridgehead atoms. The quantitative estimate of drug-likeness (QED) is 0.164. The number of piperazine rings is 1. The maximum atomic E-state index is 13.2. The van der Waals surface area contributed by atoms with E-state index < -0.39 is 0 Å². The van der Waals surface area contributed by atoms with E-state index in [1.165, 1.54) is 27.6 Å². The van der Waals surface area contributed by atoms with E-state index in [2.05, 4.69) is 113 Å². The minimum atomic E-state index is -0.112. The molecule has 1 heterocycles. The van der Waals surface area contributed by atoms with Gasteiger partial charge in [-0.3, -0.25) is 4.79 Å². The first kappa shape index (κ1) is 28.7. The van der Waals surface area contributed by atoms with Crippen molar-refractivity contribution >= 4 is 39.4 Å². The zero-order chi connectivity index (χ0) is 29.5. The van der Waals surface area contributed by atoms with Gasteiger partial charge in [0.25, 0.3) is 5.91 Å². The van der Waals surface area contributed by atoms with E-state index in [1.54, 1.807) is 0 Å². The van der Waals surface area contributed by atoms with E-state index >= 15 is 0 Å². The number of nitrogens with zero attached hydrogens (tertiary/aromatic N) is 2. The Balaban J connectivity index is 1.36. The molecule has 1 amide bonds. The van der Waals surface area contributed by atoms with E-state index in [-0.39, 0.29) is 5.91 Å². The van der Waals surface area contributed by atoms with Crippen molar-refractivity contribution in [1.82, 2.24) is 5.32 Å². The lowest BCUT2D eigenvalue weighted by Gasteiger charge is -2.38. The SMILES string of the molecule is C=C(NCc1cccc2ccccc12)c1ccc(N2CCN(c3ccccc3C)CC2)c(NC(=O)/C(C)=C/C=C\C)c1. The molecule has 0 unspecified atom stereocenters. The van der Waals surface area contributed by atoms with Crippen molar-refractivity contribution in [2.24, 2.45) is 0 Å². The third-order valence-corrected chi connectivity index (χ3v) is 7.94. The summed E-state index contributed by atoms with van der Waals surface area (Å²) >= 11 is 0. The Morgan fingerprint density at radius 1 is 0.881 bits per heavy atom. The predicted octanol–water partition coefficient (Wildman–Crippen LogP) is 7.70. The number of para-hydroxylation sites is 1. The molecule has 214 valence electrons. The van der Waals surface area contributed by atoms with Gasteiger partial charge in [-0.2, -0.15) is 0 Å². The lowest BCUT2D eigenvalue weighted by Crippen LogP contribution is -2.47. The van der Waals surface area contributed by atoms with Gasteiger partial charge >= 0.3 is 0 Å². The van der Waals surface area contributed by atoms with Gasteiger partial charge in [0.15, 0.2) is 0 Å². The van der Waals surface area contributed by atoms with Crippen LogP contribution < -0.4 is 20.4 Å². The van der Waals surface area contributed by atoms with Gasteiger partial charge < -0.3 is 20.4 Å². The Hall–Kier alpha value is -4.77. The zero-order valence-corrected chi connectivity index (χ0v) is 24.9. The molecule has 0 saturated carbocycles. The van der Waals surface area contributed by atoms with Gasteiger partial charge in [0.2, 0.25) is 0 Å². The van der Waals surface area contributed by atoms with Gasteiger partial charge in [0.05, 0.1) is 11.4 Å². The van der Waals surface area contributed by atoms with Crippen molar-refractivity contribution in [1.29, 1.82) is 0 Å². The van der Waals surface area contributed by atoms with Crippen LogP contribution in [0.4, 0.5) is 17.1 Å². The van der Waals surface area contributed by atoms with Crippen LogP contribution in [-0.2, 0) is 11.3 Å². The summed E-state index contributed by atoms with van der Waals surface area (Å²) in [5.74, 6) is -0.112. The van der Waals surface area contributed by atoms with Crippen molar-refractivity contribution in [3.8, 4) is 0 Å². The minimum absolute atomic E-state index is 0.112. The molecule has 5 heteroatoms. The van der Waals surface area contributed by atoms with Crippen LogP contribution in [0.5, 0.6) is 0 Å². The zero-order valence-electron chi connectivity index (χ0n) is 24.9. The lowest BCUT2D eigenvalue weighted by atomic mass is 10.0. The van der Waals surface area contributed by atoms with Crippen LogP contribution in [0.1, 0.15) is 30.5 Å². The number of anilines is 3. The highest BCUT2D eigenvalue weighted by molar-refractivity contribution is 6.05. The molecule has 1 saturated heterocycles. The number of rotatable bonds is 9. The molecular formula is C37H40N4O. The van der Waals surface area contributed by atoms with Crippen molar-refractivity contribution in [3.63, 3.8) is 0 Å². The third kappa shape index (κ3) is 6.58. The summed E-state index contributed by atoms with van der Waals surface area (Å²) in [5, 5.41) is 9.17. The first-order chi connectivity index (χ1) is 20.4. The number of amides is 1. The lowest BCUT2D eigenvalue weighted by molar-refractivity contribution is -0.112. The molecule has 0 aliphatic carbocycles. The fourth-order valence-electron chi connectivity index (χ4n) is 5.49. The van der Waals surface area contributed by atoms with Crippen LogP contribution >= 0.6 is 0 Å². The Morgan fingerprint density at radius 3 is 2.33 bits per heavy atom. The summed E-state index contributed by atoms with van der Waals surface area (Å²) < 4.78 is 0. The summed E-state index contributed by atoms with van der Waals surface area (Å²) in [6.07, 6.45) is 5.64. The number of fused-ring (bicyclic) bond motifs is 1. The van der Waals surface area contributed by atoms with Gasteiger partial charge in [-0.15, -0.1) is 0 Å². The molecule has 1 aliphatic rings. The van der Waals surface area contributed by atoms with E-state index in [1.807, 2.05) is 38.1 Å². The number of nitrogens with one attached hydrogen (secondary N) is 2. The predicted molar refractivity (Wildman–Crippen MR) is 179 cm³/mol. The Kier molecular flexibility index (Phi) is 9.08. The van der Waals surface area contributed by atoms with Gasteiger partial charge in [0.1, 0.15) is 0 Å². The van der Waals surface area contributed by atoms with E-state index in [0.29, 0.717) is 12.1 Å². The first-order valence-electron chi connectivity index (χ1n) is 14.6. The number of aryl methyl sites for hydroxylation is 1. The highest BCUT2D eigenvalue weighted by Crippen LogP contribution is 2.32. The Labute approximate surface area is 249 Å². The molecule has 4 aromatic carbocycles. The second-order valence-electron chi connectivity index (χ2n) is 10.8. The summed E-state index contributed by atoms with van der Waals surface area (Å²) in [7, 11) is 0. The van der Waals surface area contributed by atoms with E-state index in [0.717, 1.165) is 48.8 Å². The molecule has 4 aromatic rings. The summed E-state index contributed by atoms with van der Waals surface area (Å²) in [6, 6.07) is 29.6. The number of allylic oxidation sites excluding steroid dienone is 3. The fraction of sp³-hybridized carbons (Fsp3) is 0.216. The van der Waals surface area contributed by atoms with Crippen LogP contribution in [0, 0.1) is 6.92 Å². The van der Waals surface area contributed by atoms with Gasteiger partial charge in [-0.05, 0) is 66.4 Å².